The Morgan fingerprint density at radius 2 is 2.20 bits per heavy atom. The molecule has 2 atom stereocenters. The molecule has 0 radical (unpaired) electrons. The molecule has 1 amide bonds. The zero-order valence-electron chi connectivity index (χ0n) is 11.9. The third-order valence-electron chi connectivity index (χ3n) is 3.77. The van der Waals surface area contributed by atoms with Crippen LogP contribution in [-0.2, 0) is 4.74 Å². The van der Waals surface area contributed by atoms with Crippen molar-refractivity contribution in [3.63, 3.8) is 0 Å². The van der Waals surface area contributed by atoms with E-state index in [9.17, 15) is 4.79 Å². The van der Waals surface area contributed by atoms with Crippen LogP contribution in [0.15, 0.2) is 18.2 Å². The van der Waals surface area contributed by atoms with E-state index in [0.29, 0.717) is 22.7 Å². The Labute approximate surface area is 124 Å². The number of ether oxygens (including phenoxy) is 1. The number of benzene rings is 1. The summed E-state index contributed by atoms with van der Waals surface area (Å²) in [6.45, 7) is 0. The highest BCUT2D eigenvalue weighted by molar-refractivity contribution is 6.34. The van der Waals surface area contributed by atoms with Gasteiger partial charge in [-0.15, -0.1) is 0 Å². The van der Waals surface area contributed by atoms with Crippen LogP contribution in [0.5, 0.6) is 0 Å². The summed E-state index contributed by atoms with van der Waals surface area (Å²) in [5.41, 5.74) is 1.42. The van der Waals surface area contributed by atoms with Crippen LogP contribution >= 0.6 is 11.6 Å². The highest BCUT2D eigenvalue weighted by Crippen LogP contribution is 2.26. The van der Waals surface area contributed by atoms with Gasteiger partial charge in [-0.2, -0.15) is 0 Å². The third kappa shape index (κ3) is 3.64. The zero-order valence-corrected chi connectivity index (χ0v) is 12.7. The fourth-order valence-electron chi connectivity index (χ4n) is 2.65. The molecular weight excluding hydrogens is 276 g/mol. The smallest absolute Gasteiger partial charge is 0.252 e. The molecule has 0 saturated heterocycles. The topological polar surface area (TPSA) is 50.4 Å². The Hall–Kier alpha value is -1.26. The van der Waals surface area contributed by atoms with E-state index in [4.69, 9.17) is 16.3 Å². The second kappa shape index (κ2) is 6.95. The molecule has 2 N–H and O–H groups in total. The van der Waals surface area contributed by atoms with Crippen LogP contribution in [0.2, 0.25) is 5.02 Å². The molecular formula is C15H21ClN2O2. The molecule has 0 spiro atoms. The minimum absolute atomic E-state index is 0.169. The van der Waals surface area contributed by atoms with E-state index in [0.717, 1.165) is 31.4 Å². The maximum Gasteiger partial charge on any atom is 0.252 e. The molecule has 0 heterocycles. The summed E-state index contributed by atoms with van der Waals surface area (Å²) < 4.78 is 5.43. The number of hydrogen-bond donors (Lipinski definition) is 2. The molecule has 0 bridgehead atoms. The van der Waals surface area contributed by atoms with E-state index < -0.39 is 0 Å². The van der Waals surface area contributed by atoms with Gasteiger partial charge in [-0.1, -0.05) is 11.6 Å². The second-order valence-corrected chi connectivity index (χ2v) is 5.55. The van der Waals surface area contributed by atoms with E-state index in [1.165, 1.54) is 0 Å². The van der Waals surface area contributed by atoms with Gasteiger partial charge in [-0.25, -0.2) is 0 Å². The number of hydrogen-bond acceptors (Lipinski definition) is 3. The van der Waals surface area contributed by atoms with Crippen LogP contribution in [0.3, 0.4) is 0 Å². The number of nitrogens with one attached hydrogen (secondary N) is 2. The molecule has 1 aliphatic rings. The third-order valence-corrected chi connectivity index (χ3v) is 4.10. The zero-order chi connectivity index (χ0) is 14.5. The monoisotopic (exact) mass is 296 g/mol. The van der Waals surface area contributed by atoms with Crippen LogP contribution in [0.25, 0.3) is 0 Å². The Morgan fingerprint density at radius 3 is 2.90 bits per heavy atom. The normalized spacial score (nSPS) is 22.4. The first-order valence-electron chi connectivity index (χ1n) is 6.95. The standard InChI is InChI=1S/C15H21ClN2O2/c1-17-15(19)13-9-11(6-7-14(13)16)18-10-4-3-5-12(8-10)20-2/h6-7,9-10,12,18H,3-5,8H2,1-2H3,(H,17,19). The summed E-state index contributed by atoms with van der Waals surface area (Å²) in [5, 5.41) is 6.54. The van der Waals surface area contributed by atoms with Gasteiger partial charge >= 0.3 is 0 Å². The molecule has 1 aromatic carbocycles. The van der Waals surface area contributed by atoms with Crippen LogP contribution in [0.4, 0.5) is 5.69 Å². The van der Waals surface area contributed by atoms with Gasteiger partial charge in [-0.3, -0.25) is 4.79 Å². The lowest BCUT2D eigenvalue weighted by molar-refractivity contribution is 0.0669. The number of carbonyl (C=O) groups is 1. The summed E-state index contributed by atoms with van der Waals surface area (Å²) in [5.74, 6) is -0.169. The molecule has 0 aromatic heterocycles. The van der Waals surface area contributed by atoms with Crippen molar-refractivity contribution in [1.29, 1.82) is 0 Å². The predicted octanol–water partition coefficient (Wildman–Crippen LogP) is 3.07. The van der Waals surface area contributed by atoms with Crippen molar-refractivity contribution in [3.05, 3.63) is 28.8 Å². The minimum atomic E-state index is -0.169. The van der Waals surface area contributed by atoms with Gasteiger partial charge in [0.05, 0.1) is 16.7 Å². The van der Waals surface area contributed by atoms with Crippen molar-refractivity contribution in [2.45, 2.75) is 37.8 Å². The Bertz CT molecular complexity index is 479. The maximum atomic E-state index is 11.7. The summed E-state index contributed by atoms with van der Waals surface area (Å²) in [6.07, 6.45) is 4.73. The number of carbonyl (C=O) groups excluding carboxylic acids is 1. The van der Waals surface area contributed by atoms with Crippen molar-refractivity contribution in [2.75, 3.05) is 19.5 Å². The number of rotatable bonds is 4. The SMILES string of the molecule is CNC(=O)c1cc(NC2CCCC(OC)C2)ccc1Cl. The average molecular weight is 297 g/mol. The van der Waals surface area contributed by atoms with Gasteiger partial charge in [0.2, 0.25) is 0 Å². The van der Waals surface area contributed by atoms with Crippen molar-refractivity contribution in [3.8, 4) is 0 Å². The molecule has 110 valence electrons. The van der Waals surface area contributed by atoms with E-state index in [2.05, 4.69) is 10.6 Å². The molecule has 2 rings (SSSR count). The Kier molecular flexibility index (Phi) is 5.26. The maximum absolute atomic E-state index is 11.7. The predicted molar refractivity (Wildman–Crippen MR) is 81.5 cm³/mol. The fourth-order valence-corrected chi connectivity index (χ4v) is 2.85. The first-order chi connectivity index (χ1) is 9.63. The molecule has 20 heavy (non-hydrogen) atoms. The number of halogens is 1. The molecule has 5 heteroatoms. The van der Waals surface area contributed by atoms with Gasteiger partial charge in [0.1, 0.15) is 0 Å². The summed E-state index contributed by atoms with van der Waals surface area (Å²) in [7, 11) is 3.36. The number of anilines is 1. The van der Waals surface area contributed by atoms with E-state index in [1.807, 2.05) is 6.07 Å². The van der Waals surface area contributed by atoms with Crippen molar-refractivity contribution < 1.29 is 9.53 Å². The van der Waals surface area contributed by atoms with Gasteiger partial charge in [0, 0.05) is 25.9 Å². The molecule has 1 fully saturated rings. The minimum Gasteiger partial charge on any atom is -0.382 e. The van der Waals surface area contributed by atoms with E-state index in [-0.39, 0.29) is 5.91 Å². The van der Waals surface area contributed by atoms with Crippen LogP contribution in [0.1, 0.15) is 36.0 Å². The van der Waals surface area contributed by atoms with Crippen molar-refractivity contribution in [2.24, 2.45) is 0 Å². The fraction of sp³-hybridized carbons (Fsp3) is 0.533. The van der Waals surface area contributed by atoms with Crippen molar-refractivity contribution in [1.82, 2.24) is 5.32 Å². The quantitative estimate of drug-likeness (QED) is 0.898. The summed E-state index contributed by atoms with van der Waals surface area (Å²) >= 11 is 6.05. The van der Waals surface area contributed by atoms with E-state index >= 15 is 0 Å². The van der Waals surface area contributed by atoms with Crippen molar-refractivity contribution >= 4 is 23.2 Å². The van der Waals surface area contributed by atoms with Crippen LogP contribution in [-0.4, -0.2) is 32.2 Å². The second-order valence-electron chi connectivity index (χ2n) is 5.14. The molecule has 0 aliphatic heterocycles. The molecule has 1 aliphatic carbocycles. The number of amides is 1. The summed E-state index contributed by atoms with van der Waals surface area (Å²) in [4.78, 5) is 11.7. The highest BCUT2D eigenvalue weighted by atomic mass is 35.5. The Balaban J connectivity index is 2.07. The lowest BCUT2D eigenvalue weighted by Gasteiger charge is -2.29. The molecule has 4 nitrogen and oxygen atoms in total. The molecule has 2 unspecified atom stereocenters. The van der Waals surface area contributed by atoms with Crippen LogP contribution in [0, 0.1) is 0 Å². The number of methoxy groups -OCH3 is 1. The van der Waals surface area contributed by atoms with Gasteiger partial charge in [0.15, 0.2) is 0 Å². The average Bonchev–Trinajstić information content (AvgIpc) is 2.48. The van der Waals surface area contributed by atoms with Gasteiger partial charge in [-0.05, 0) is 43.9 Å². The molecule has 1 saturated carbocycles. The highest BCUT2D eigenvalue weighted by Gasteiger charge is 2.21. The van der Waals surface area contributed by atoms with Gasteiger partial charge in [0.25, 0.3) is 5.91 Å². The summed E-state index contributed by atoms with van der Waals surface area (Å²) in [6, 6.07) is 5.85. The Morgan fingerprint density at radius 1 is 1.40 bits per heavy atom. The largest absolute Gasteiger partial charge is 0.382 e. The lowest BCUT2D eigenvalue weighted by Crippen LogP contribution is -2.31. The van der Waals surface area contributed by atoms with E-state index in [1.54, 1.807) is 26.3 Å². The first kappa shape index (κ1) is 15.1. The molecule has 1 aromatic rings. The van der Waals surface area contributed by atoms with Gasteiger partial charge < -0.3 is 15.4 Å². The lowest BCUT2D eigenvalue weighted by atomic mass is 9.92. The first-order valence-corrected chi connectivity index (χ1v) is 7.32. The van der Waals surface area contributed by atoms with Crippen LogP contribution < -0.4 is 10.6 Å².